The first-order valence-electron chi connectivity index (χ1n) is 11.6. The number of rotatable bonds is 6. The van der Waals surface area contributed by atoms with E-state index in [0.717, 1.165) is 37.4 Å². The maximum atomic E-state index is 12.0. The number of amides is 3. The Morgan fingerprint density at radius 3 is 2.66 bits per heavy atom. The summed E-state index contributed by atoms with van der Waals surface area (Å²) >= 11 is 6.16. The summed E-state index contributed by atoms with van der Waals surface area (Å²) in [6.07, 6.45) is 5.24. The molecule has 35 heavy (non-hydrogen) atoms. The predicted octanol–water partition coefficient (Wildman–Crippen LogP) is 3.59. The van der Waals surface area contributed by atoms with Crippen molar-refractivity contribution in [2.75, 3.05) is 23.7 Å². The zero-order chi connectivity index (χ0) is 24.5. The van der Waals surface area contributed by atoms with E-state index in [9.17, 15) is 9.59 Å². The Balaban J connectivity index is 1.49. The van der Waals surface area contributed by atoms with Crippen LogP contribution in [0.25, 0.3) is 11.7 Å². The summed E-state index contributed by atoms with van der Waals surface area (Å²) in [5, 5.41) is 16.8. The number of aromatic nitrogens is 3. The summed E-state index contributed by atoms with van der Waals surface area (Å²) in [5.74, 6) is 0.895. The molecule has 0 atom stereocenters. The molecule has 2 aliphatic rings. The van der Waals surface area contributed by atoms with E-state index in [1.54, 1.807) is 16.8 Å². The highest BCUT2D eigenvalue weighted by Crippen LogP contribution is 2.26. The normalized spacial score (nSPS) is 18.3. The van der Waals surface area contributed by atoms with Crippen LogP contribution in [0.1, 0.15) is 32.3 Å². The van der Waals surface area contributed by atoms with Crippen molar-refractivity contribution in [3.63, 3.8) is 0 Å². The molecule has 4 heterocycles. The number of fused-ring (bicyclic) bond motifs is 1. The maximum Gasteiger partial charge on any atom is 0.326 e. The SMILES string of the molecule is CC(C)N1CCC(Nc2cc(Nc3cccc(Cl)c3)nc3c(/C=C4/NC(=O)NC4=O)cnn23)CC1. The second-order valence-corrected chi connectivity index (χ2v) is 9.45. The van der Waals surface area contributed by atoms with Gasteiger partial charge in [0.25, 0.3) is 5.91 Å². The van der Waals surface area contributed by atoms with Crippen molar-refractivity contribution in [1.82, 2.24) is 30.1 Å². The van der Waals surface area contributed by atoms with Gasteiger partial charge >= 0.3 is 6.03 Å². The molecule has 4 N–H and O–H groups in total. The minimum absolute atomic E-state index is 0.149. The molecule has 0 saturated carbocycles. The molecule has 1 aromatic carbocycles. The maximum absolute atomic E-state index is 12.0. The smallest absolute Gasteiger partial charge is 0.326 e. The number of anilines is 3. The molecule has 2 aromatic heterocycles. The quantitative estimate of drug-likeness (QED) is 0.305. The van der Waals surface area contributed by atoms with Gasteiger partial charge < -0.3 is 20.9 Å². The number of carbonyl (C=O) groups excluding carboxylic acids is 2. The summed E-state index contributed by atoms with van der Waals surface area (Å²) in [6.45, 7) is 6.51. The van der Waals surface area contributed by atoms with Crippen LogP contribution >= 0.6 is 11.6 Å². The van der Waals surface area contributed by atoms with Crippen molar-refractivity contribution in [2.45, 2.75) is 38.8 Å². The molecule has 0 unspecified atom stereocenters. The number of hydrogen-bond donors (Lipinski definition) is 4. The zero-order valence-electron chi connectivity index (χ0n) is 19.5. The third-order valence-corrected chi connectivity index (χ3v) is 6.46. The molecule has 0 aliphatic carbocycles. The van der Waals surface area contributed by atoms with Gasteiger partial charge in [-0.25, -0.2) is 9.78 Å². The second-order valence-electron chi connectivity index (χ2n) is 9.01. The van der Waals surface area contributed by atoms with Gasteiger partial charge in [0.15, 0.2) is 5.65 Å². The monoisotopic (exact) mass is 494 g/mol. The lowest BCUT2D eigenvalue weighted by Gasteiger charge is -2.35. The fourth-order valence-corrected chi connectivity index (χ4v) is 4.56. The molecular weight excluding hydrogens is 468 g/mol. The summed E-state index contributed by atoms with van der Waals surface area (Å²) in [6, 6.07) is 9.58. The summed E-state index contributed by atoms with van der Waals surface area (Å²) in [5.41, 5.74) is 2.09. The highest BCUT2D eigenvalue weighted by Gasteiger charge is 2.25. The second kappa shape index (κ2) is 9.55. The molecule has 2 saturated heterocycles. The summed E-state index contributed by atoms with van der Waals surface area (Å²) in [7, 11) is 0. The van der Waals surface area contributed by atoms with Gasteiger partial charge in [0.1, 0.15) is 17.3 Å². The first-order valence-corrected chi connectivity index (χ1v) is 12.0. The van der Waals surface area contributed by atoms with Crippen molar-refractivity contribution >= 4 is 52.6 Å². The predicted molar refractivity (Wildman–Crippen MR) is 136 cm³/mol. The Bertz CT molecular complexity index is 1310. The number of hydrogen-bond acceptors (Lipinski definition) is 7. The van der Waals surface area contributed by atoms with Gasteiger partial charge in [-0.3, -0.25) is 10.1 Å². The topological polar surface area (TPSA) is 116 Å². The van der Waals surface area contributed by atoms with Gasteiger partial charge in [-0.05, 0) is 51.0 Å². The van der Waals surface area contributed by atoms with Crippen molar-refractivity contribution in [3.05, 3.63) is 52.8 Å². The van der Waals surface area contributed by atoms with E-state index in [4.69, 9.17) is 16.6 Å². The van der Waals surface area contributed by atoms with Crippen LogP contribution in [0.5, 0.6) is 0 Å². The molecule has 182 valence electrons. The number of likely N-dealkylation sites (tertiary alicyclic amines) is 1. The fourth-order valence-electron chi connectivity index (χ4n) is 4.37. The van der Waals surface area contributed by atoms with Gasteiger partial charge in [-0.1, -0.05) is 17.7 Å². The number of nitrogens with zero attached hydrogens (tertiary/aromatic N) is 4. The van der Waals surface area contributed by atoms with Crippen LogP contribution < -0.4 is 21.3 Å². The van der Waals surface area contributed by atoms with Crippen molar-refractivity contribution in [1.29, 1.82) is 0 Å². The van der Waals surface area contributed by atoms with Crippen molar-refractivity contribution < 1.29 is 9.59 Å². The average Bonchev–Trinajstić information content (AvgIpc) is 3.36. The summed E-state index contributed by atoms with van der Waals surface area (Å²) < 4.78 is 1.72. The van der Waals surface area contributed by atoms with Gasteiger partial charge in [0.2, 0.25) is 0 Å². The molecule has 11 heteroatoms. The summed E-state index contributed by atoms with van der Waals surface area (Å²) in [4.78, 5) is 30.8. The number of carbonyl (C=O) groups is 2. The van der Waals surface area contributed by atoms with Gasteiger partial charge in [0.05, 0.1) is 6.20 Å². The molecule has 2 fully saturated rings. The van der Waals surface area contributed by atoms with E-state index in [-0.39, 0.29) is 5.70 Å². The lowest BCUT2D eigenvalue weighted by atomic mass is 10.0. The Morgan fingerprint density at radius 2 is 1.97 bits per heavy atom. The van der Waals surface area contributed by atoms with Gasteiger partial charge in [-0.15, -0.1) is 0 Å². The van der Waals surface area contributed by atoms with Crippen LogP contribution in [0.3, 0.4) is 0 Å². The van der Waals surface area contributed by atoms with E-state index in [0.29, 0.717) is 34.1 Å². The molecule has 5 rings (SSSR count). The average molecular weight is 495 g/mol. The van der Waals surface area contributed by atoms with Crippen LogP contribution in [0.15, 0.2) is 42.2 Å². The Morgan fingerprint density at radius 1 is 1.17 bits per heavy atom. The largest absolute Gasteiger partial charge is 0.367 e. The molecular formula is C24H27ClN8O2. The highest BCUT2D eigenvalue weighted by molar-refractivity contribution is 6.30. The third kappa shape index (κ3) is 5.08. The molecule has 3 aromatic rings. The number of piperidine rings is 1. The number of nitrogens with one attached hydrogen (secondary N) is 4. The zero-order valence-corrected chi connectivity index (χ0v) is 20.3. The number of imide groups is 1. The van der Waals surface area contributed by atoms with E-state index >= 15 is 0 Å². The molecule has 0 spiro atoms. The van der Waals surface area contributed by atoms with E-state index < -0.39 is 11.9 Å². The lowest BCUT2D eigenvalue weighted by molar-refractivity contribution is -0.115. The van der Waals surface area contributed by atoms with E-state index in [2.05, 4.69) is 45.1 Å². The number of halogens is 1. The van der Waals surface area contributed by atoms with Crippen LogP contribution in [0.2, 0.25) is 5.02 Å². The first-order chi connectivity index (χ1) is 16.9. The minimum Gasteiger partial charge on any atom is -0.367 e. The molecule has 2 aliphatic heterocycles. The Labute approximate surface area is 207 Å². The van der Waals surface area contributed by atoms with Crippen LogP contribution in [0, 0.1) is 0 Å². The van der Waals surface area contributed by atoms with Crippen LogP contribution in [0.4, 0.5) is 22.1 Å². The Kier molecular flexibility index (Phi) is 6.31. The van der Waals surface area contributed by atoms with E-state index in [1.807, 2.05) is 30.3 Å². The molecule has 10 nitrogen and oxygen atoms in total. The van der Waals surface area contributed by atoms with Crippen LogP contribution in [-0.4, -0.2) is 56.6 Å². The van der Waals surface area contributed by atoms with Gasteiger partial charge in [-0.2, -0.15) is 9.61 Å². The molecule has 0 bridgehead atoms. The Hall–Kier alpha value is -3.63. The molecule has 3 amide bonds. The van der Waals surface area contributed by atoms with Crippen molar-refractivity contribution in [2.24, 2.45) is 0 Å². The number of benzene rings is 1. The first kappa shape index (κ1) is 23.1. The van der Waals surface area contributed by atoms with E-state index in [1.165, 1.54) is 0 Å². The van der Waals surface area contributed by atoms with Crippen molar-refractivity contribution in [3.8, 4) is 0 Å². The standard InChI is InChI=1S/C24H27ClN8O2/c1-14(2)32-8-6-17(7-9-32)28-21-12-20(27-18-5-3-4-16(25)11-18)30-22-15(13-26-33(21)22)10-19-23(34)31-24(35)29-19/h3-5,10-14,17,28H,6-9H2,1-2H3,(H,27,30)(H2,29,31,34,35)/b19-10+. The van der Waals surface area contributed by atoms with Crippen LogP contribution in [-0.2, 0) is 4.79 Å². The molecule has 0 radical (unpaired) electrons. The lowest BCUT2D eigenvalue weighted by Crippen LogP contribution is -2.42. The fraction of sp³-hybridized carbons (Fsp3) is 0.333. The van der Waals surface area contributed by atoms with Gasteiger partial charge in [0, 0.05) is 47.5 Å². The highest BCUT2D eigenvalue weighted by atomic mass is 35.5. The number of urea groups is 1. The third-order valence-electron chi connectivity index (χ3n) is 6.23. The minimum atomic E-state index is -0.552.